The molecule has 0 spiro atoms. The molecule has 0 aliphatic carbocycles. The van der Waals surface area contributed by atoms with Gasteiger partial charge >= 0.3 is 0 Å². The molecular formula is C46H27N7. The third-order valence-electron chi connectivity index (χ3n) is 9.16. The Morgan fingerprint density at radius 1 is 0.434 bits per heavy atom. The molecule has 7 nitrogen and oxygen atoms in total. The van der Waals surface area contributed by atoms with Crippen LogP contribution in [0.5, 0.6) is 0 Å². The number of rotatable bonds is 7. The normalized spacial score (nSPS) is 10.6. The maximum Gasteiger partial charge on any atom is 0.189 e. The van der Waals surface area contributed by atoms with Gasteiger partial charge in [-0.15, -0.1) is 0 Å². The lowest BCUT2D eigenvalue weighted by atomic mass is 10.1. The Bertz CT molecular complexity index is 2570. The van der Waals surface area contributed by atoms with E-state index in [1.165, 1.54) is 0 Å². The zero-order valence-electron chi connectivity index (χ0n) is 28.2. The van der Waals surface area contributed by atoms with Crippen molar-refractivity contribution in [3.05, 3.63) is 198 Å². The first kappa shape index (κ1) is 32.1. The molecule has 0 saturated carbocycles. The minimum absolute atomic E-state index is 0.512. The standard InChI is InChI=1S/C46H27N7/c1-49-34-12-8-18-39(26-34)51(37-16-6-10-32(24-37)30-47)41-20-22-45-43(28-41)44-29-42(21-23-46(44)53(45)36-14-4-3-5-15-36)52(38-17-7-11-33(25-38)31-48)40-19-9-13-35(27-40)50-2/h3-29H. The van der Waals surface area contributed by atoms with Gasteiger partial charge in [-0.3, -0.25) is 0 Å². The van der Waals surface area contributed by atoms with E-state index in [-0.39, 0.29) is 0 Å². The van der Waals surface area contributed by atoms with Crippen LogP contribution in [-0.4, -0.2) is 4.57 Å². The average molecular weight is 678 g/mol. The predicted octanol–water partition coefficient (Wildman–Crippen LogP) is 12.6. The first-order valence-electron chi connectivity index (χ1n) is 16.8. The van der Waals surface area contributed by atoms with Crippen molar-refractivity contribution < 1.29 is 0 Å². The van der Waals surface area contributed by atoms with Crippen molar-refractivity contribution in [2.45, 2.75) is 0 Å². The van der Waals surface area contributed by atoms with Gasteiger partial charge in [0.1, 0.15) is 0 Å². The molecule has 7 heteroatoms. The number of fused-ring (bicyclic) bond motifs is 3. The van der Waals surface area contributed by atoms with E-state index in [1.807, 2.05) is 91.0 Å². The highest BCUT2D eigenvalue weighted by Crippen LogP contribution is 2.43. The minimum Gasteiger partial charge on any atom is -0.312 e. The molecule has 0 atom stereocenters. The fourth-order valence-corrected chi connectivity index (χ4v) is 6.86. The van der Waals surface area contributed by atoms with Gasteiger partial charge in [0.25, 0.3) is 0 Å². The molecule has 1 heterocycles. The number of benzene rings is 7. The number of anilines is 6. The molecule has 0 fully saturated rings. The molecule has 8 aromatic rings. The highest BCUT2D eigenvalue weighted by atomic mass is 15.2. The van der Waals surface area contributed by atoms with Crippen molar-refractivity contribution in [2.75, 3.05) is 9.80 Å². The van der Waals surface area contributed by atoms with Gasteiger partial charge in [-0.2, -0.15) is 10.5 Å². The van der Waals surface area contributed by atoms with Crippen LogP contribution in [0, 0.1) is 35.8 Å². The van der Waals surface area contributed by atoms with Crippen molar-refractivity contribution in [2.24, 2.45) is 0 Å². The Morgan fingerprint density at radius 2 is 0.849 bits per heavy atom. The van der Waals surface area contributed by atoms with Gasteiger partial charge in [-0.25, -0.2) is 9.69 Å². The molecule has 0 aliphatic heterocycles. The summed E-state index contributed by atoms with van der Waals surface area (Å²) in [6, 6.07) is 57.3. The minimum atomic E-state index is 0.512. The fraction of sp³-hybridized carbons (Fsp3) is 0. The summed E-state index contributed by atoms with van der Waals surface area (Å²) in [6.45, 7) is 15.4. The predicted molar refractivity (Wildman–Crippen MR) is 212 cm³/mol. The molecule has 53 heavy (non-hydrogen) atoms. The summed E-state index contributed by atoms with van der Waals surface area (Å²) in [7, 11) is 0. The van der Waals surface area contributed by atoms with Crippen molar-refractivity contribution in [3.63, 3.8) is 0 Å². The second-order valence-corrected chi connectivity index (χ2v) is 12.3. The third-order valence-corrected chi connectivity index (χ3v) is 9.16. The summed E-state index contributed by atoms with van der Waals surface area (Å²) in [6.07, 6.45) is 0. The van der Waals surface area contributed by atoms with Gasteiger partial charge < -0.3 is 14.4 Å². The second-order valence-electron chi connectivity index (χ2n) is 12.3. The van der Waals surface area contributed by atoms with Crippen LogP contribution in [-0.2, 0) is 0 Å². The van der Waals surface area contributed by atoms with Crippen molar-refractivity contribution in [1.29, 1.82) is 10.5 Å². The summed E-state index contributed by atoms with van der Waals surface area (Å²) >= 11 is 0. The molecule has 7 aromatic carbocycles. The SMILES string of the molecule is [C-]#[N+]c1cccc(N(c2cccc(C#N)c2)c2ccc3c(c2)c2cc(N(c4cccc(C#N)c4)c4cccc([N+]#[C-])c4)ccc2n3-c2ccccc2)c1. The topological polar surface area (TPSA) is 67.7 Å². The number of nitriles is 2. The van der Waals surface area contributed by atoms with Crippen LogP contribution < -0.4 is 9.80 Å². The largest absolute Gasteiger partial charge is 0.312 e. The molecular weight excluding hydrogens is 651 g/mol. The van der Waals surface area contributed by atoms with Gasteiger partial charge in [-0.1, -0.05) is 54.6 Å². The van der Waals surface area contributed by atoms with Crippen LogP contribution in [0.2, 0.25) is 0 Å². The van der Waals surface area contributed by atoms with E-state index in [4.69, 9.17) is 13.1 Å². The van der Waals surface area contributed by atoms with Gasteiger partial charge in [-0.05, 0) is 109 Å². The van der Waals surface area contributed by atoms with Crippen LogP contribution in [0.4, 0.5) is 45.5 Å². The summed E-state index contributed by atoms with van der Waals surface area (Å²) in [5.74, 6) is 0. The Hall–Kier alpha value is -8.10. The Morgan fingerprint density at radius 3 is 1.28 bits per heavy atom. The highest BCUT2D eigenvalue weighted by Gasteiger charge is 2.20. The monoisotopic (exact) mass is 677 g/mol. The maximum atomic E-state index is 9.79. The van der Waals surface area contributed by atoms with Crippen LogP contribution in [0.15, 0.2) is 164 Å². The van der Waals surface area contributed by atoms with Gasteiger partial charge in [0.15, 0.2) is 11.4 Å². The highest BCUT2D eigenvalue weighted by molar-refractivity contribution is 6.12. The summed E-state index contributed by atoms with van der Waals surface area (Å²) in [5.41, 5.74) is 9.99. The molecule has 0 N–H and O–H groups in total. The lowest BCUT2D eigenvalue weighted by Crippen LogP contribution is -2.10. The Kier molecular flexibility index (Phi) is 8.28. The van der Waals surface area contributed by atoms with Crippen LogP contribution in [0.1, 0.15) is 11.1 Å². The van der Waals surface area contributed by atoms with E-state index in [0.717, 1.165) is 61.6 Å². The first-order valence-corrected chi connectivity index (χ1v) is 16.8. The molecule has 0 aliphatic rings. The van der Waals surface area contributed by atoms with E-state index in [2.05, 4.69) is 84.7 Å². The zero-order valence-corrected chi connectivity index (χ0v) is 28.2. The summed E-state index contributed by atoms with van der Waals surface area (Å²) < 4.78 is 2.25. The number of aromatic nitrogens is 1. The van der Waals surface area contributed by atoms with Gasteiger partial charge in [0.2, 0.25) is 0 Å². The molecule has 0 amide bonds. The van der Waals surface area contributed by atoms with E-state index < -0.39 is 0 Å². The van der Waals surface area contributed by atoms with Crippen LogP contribution >= 0.6 is 0 Å². The zero-order chi connectivity index (χ0) is 36.3. The molecule has 0 radical (unpaired) electrons. The number of nitrogens with zero attached hydrogens (tertiary/aromatic N) is 7. The molecule has 0 unspecified atom stereocenters. The van der Waals surface area contributed by atoms with Crippen molar-refractivity contribution >= 4 is 67.3 Å². The fourth-order valence-electron chi connectivity index (χ4n) is 6.86. The molecule has 0 saturated heterocycles. The van der Waals surface area contributed by atoms with Crippen LogP contribution in [0.3, 0.4) is 0 Å². The third kappa shape index (κ3) is 5.94. The maximum absolute atomic E-state index is 9.79. The van der Waals surface area contributed by atoms with E-state index in [9.17, 15) is 10.5 Å². The van der Waals surface area contributed by atoms with Gasteiger partial charge in [0, 0.05) is 50.6 Å². The van der Waals surface area contributed by atoms with Crippen molar-refractivity contribution in [1.82, 2.24) is 4.57 Å². The summed E-state index contributed by atoms with van der Waals surface area (Å²) in [5, 5.41) is 21.6. The average Bonchev–Trinajstić information content (AvgIpc) is 3.54. The molecule has 1 aromatic heterocycles. The van der Waals surface area contributed by atoms with Crippen molar-refractivity contribution in [3.8, 4) is 17.8 Å². The van der Waals surface area contributed by atoms with Gasteiger partial charge in [0.05, 0.1) is 47.4 Å². The molecule has 246 valence electrons. The quantitative estimate of drug-likeness (QED) is 0.157. The lowest BCUT2D eigenvalue weighted by Gasteiger charge is -2.26. The number of hydrogen-bond acceptors (Lipinski definition) is 4. The molecule has 8 rings (SSSR count). The second kappa shape index (κ2) is 13.7. The van der Waals surface area contributed by atoms with Crippen LogP contribution in [0.25, 0.3) is 37.2 Å². The van der Waals surface area contributed by atoms with E-state index in [1.54, 1.807) is 24.3 Å². The number of para-hydroxylation sites is 1. The Balaban J connectivity index is 1.41. The molecule has 0 bridgehead atoms. The smallest absolute Gasteiger partial charge is 0.189 e. The number of hydrogen-bond donors (Lipinski definition) is 0. The Labute approximate surface area is 306 Å². The first-order chi connectivity index (χ1) is 26.1. The van der Waals surface area contributed by atoms with E-state index >= 15 is 0 Å². The summed E-state index contributed by atoms with van der Waals surface area (Å²) in [4.78, 5) is 11.5. The van der Waals surface area contributed by atoms with E-state index in [0.29, 0.717) is 22.5 Å². The lowest BCUT2D eigenvalue weighted by molar-refractivity contribution is 1.18.